The van der Waals surface area contributed by atoms with Crippen LogP contribution in [-0.4, -0.2) is 56.1 Å². The highest BCUT2D eigenvalue weighted by Gasteiger charge is 2.22. The van der Waals surface area contributed by atoms with Crippen LogP contribution in [0.25, 0.3) is 11.5 Å². The minimum absolute atomic E-state index is 0.321. The molecule has 0 fully saturated rings. The van der Waals surface area contributed by atoms with Gasteiger partial charge in [-0.25, -0.2) is 13.4 Å². The maximum absolute atomic E-state index is 12.6. The number of benzene rings is 1. The lowest BCUT2D eigenvalue weighted by Gasteiger charge is -2.26. The minimum atomic E-state index is -3.66. The number of sulfone groups is 1. The third-order valence-corrected chi connectivity index (χ3v) is 6.53. The Hall–Kier alpha value is -2.19. The summed E-state index contributed by atoms with van der Waals surface area (Å²) < 4.78 is 30.8. The van der Waals surface area contributed by atoms with Crippen molar-refractivity contribution in [3.05, 3.63) is 41.3 Å². The third kappa shape index (κ3) is 9.68. The molecule has 0 unspecified atom stereocenters. The first-order valence-corrected chi connectivity index (χ1v) is 13.5. The second-order valence-electron chi connectivity index (χ2n) is 9.67. The van der Waals surface area contributed by atoms with Gasteiger partial charge < -0.3 is 14.6 Å². The lowest BCUT2D eigenvalue weighted by molar-refractivity contribution is -0.118. The Morgan fingerprint density at radius 3 is 2.24 bits per heavy atom. The summed E-state index contributed by atoms with van der Waals surface area (Å²) in [5.41, 5.74) is 2.24. The molecule has 0 bridgehead atoms. The van der Waals surface area contributed by atoms with Gasteiger partial charge >= 0.3 is 0 Å². The Bertz CT molecular complexity index is 985. The van der Waals surface area contributed by atoms with Gasteiger partial charge in [-0.15, -0.1) is 0 Å². The van der Waals surface area contributed by atoms with Crippen LogP contribution in [0, 0.1) is 25.7 Å². The number of nitrogens with zero attached hydrogens (tertiary/aromatic N) is 2. The summed E-state index contributed by atoms with van der Waals surface area (Å²) in [6.07, 6.45) is 0.785. The molecule has 7 nitrogen and oxygen atoms in total. The molecule has 0 aliphatic heterocycles. The molecule has 8 heteroatoms. The molecule has 1 heterocycles. The van der Waals surface area contributed by atoms with Gasteiger partial charge in [-0.2, -0.15) is 0 Å². The molecule has 2 aromatic rings. The quantitative estimate of drug-likeness (QED) is 0.439. The molecule has 0 saturated carbocycles. The first-order chi connectivity index (χ1) is 15.4. The monoisotopic (exact) mass is 477 g/mol. The number of amides is 1. The molecule has 1 amide bonds. The van der Waals surface area contributed by atoms with Crippen molar-refractivity contribution in [2.24, 2.45) is 11.8 Å². The van der Waals surface area contributed by atoms with Gasteiger partial charge in [0, 0.05) is 25.2 Å². The average molecular weight is 478 g/mol. The Balaban J connectivity index is 1.85. The van der Waals surface area contributed by atoms with Gasteiger partial charge in [0.25, 0.3) is 0 Å². The van der Waals surface area contributed by atoms with E-state index < -0.39 is 21.5 Å². The number of aromatic nitrogens is 1. The second-order valence-corrected chi connectivity index (χ2v) is 11.7. The van der Waals surface area contributed by atoms with E-state index in [2.05, 4.69) is 42.9 Å². The zero-order valence-electron chi connectivity index (χ0n) is 20.8. The summed E-state index contributed by atoms with van der Waals surface area (Å²) in [6.45, 7) is 15.8. The standard InChI is InChI=1S/C25H39N3O4S/c1-18(2)14-28(15-19(3)4)13-7-12-26-24(29)17-33(30,31)16-23-21(6)32-25(27-23)22-10-8-20(5)9-11-22/h8-11,18-19H,7,12-17H2,1-6H3,(H,26,29). The van der Waals surface area contributed by atoms with E-state index in [1.807, 2.05) is 31.2 Å². The maximum atomic E-state index is 12.6. The molecule has 33 heavy (non-hydrogen) atoms. The SMILES string of the molecule is Cc1ccc(-c2nc(CS(=O)(=O)CC(=O)NCCCN(CC(C)C)CC(C)C)c(C)o2)cc1. The van der Waals surface area contributed by atoms with Crippen molar-refractivity contribution in [2.45, 2.75) is 53.7 Å². The number of aryl methyl sites for hydroxylation is 2. The molecule has 1 aromatic heterocycles. The first-order valence-electron chi connectivity index (χ1n) is 11.7. The highest BCUT2D eigenvalue weighted by atomic mass is 32.2. The molecular weight excluding hydrogens is 438 g/mol. The summed E-state index contributed by atoms with van der Waals surface area (Å²) in [6, 6.07) is 7.66. The topological polar surface area (TPSA) is 92.5 Å². The summed E-state index contributed by atoms with van der Waals surface area (Å²) in [4.78, 5) is 19.0. The predicted molar refractivity (Wildman–Crippen MR) is 133 cm³/mol. The molecule has 184 valence electrons. The minimum Gasteiger partial charge on any atom is -0.441 e. The van der Waals surface area contributed by atoms with Crippen molar-refractivity contribution in [3.63, 3.8) is 0 Å². The molecule has 0 aliphatic carbocycles. The number of nitrogens with one attached hydrogen (secondary N) is 1. The van der Waals surface area contributed by atoms with Crippen molar-refractivity contribution in [2.75, 3.05) is 31.9 Å². The van der Waals surface area contributed by atoms with Gasteiger partial charge in [0.2, 0.25) is 11.8 Å². The lowest BCUT2D eigenvalue weighted by Crippen LogP contribution is -2.36. The van der Waals surface area contributed by atoms with E-state index in [4.69, 9.17) is 4.42 Å². The molecule has 0 radical (unpaired) electrons. The summed E-state index contributed by atoms with van der Waals surface area (Å²) in [5.74, 6) is 0.637. The van der Waals surface area contributed by atoms with Crippen molar-refractivity contribution in [3.8, 4) is 11.5 Å². The Labute approximate surface area is 198 Å². The van der Waals surface area contributed by atoms with E-state index in [0.717, 1.165) is 37.2 Å². The number of carbonyl (C=O) groups excluding carboxylic acids is 1. The summed E-state index contributed by atoms with van der Waals surface area (Å²) in [7, 11) is -3.66. The van der Waals surface area contributed by atoms with Gasteiger partial charge in [-0.3, -0.25) is 4.79 Å². The van der Waals surface area contributed by atoms with E-state index in [-0.39, 0.29) is 5.75 Å². The van der Waals surface area contributed by atoms with Crippen LogP contribution in [0.2, 0.25) is 0 Å². The van der Waals surface area contributed by atoms with E-state index in [1.54, 1.807) is 6.92 Å². The fourth-order valence-electron chi connectivity index (χ4n) is 3.71. The van der Waals surface area contributed by atoms with Crippen LogP contribution in [0.3, 0.4) is 0 Å². The Kier molecular flexibility index (Phi) is 10.1. The highest BCUT2D eigenvalue weighted by molar-refractivity contribution is 7.91. The first kappa shape index (κ1) is 27.1. The maximum Gasteiger partial charge on any atom is 0.235 e. The molecule has 0 atom stereocenters. The number of oxazole rings is 1. The smallest absolute Gasteiger partial charge is 0.235 e. The molecule has 0 saturated heterocycles. The lowest BCUT2D eigenvalue weighted by atomic mass is 10.1. The van der Waals surface area contributed by atoms with Crippen LogP contribution in [0.5, 0.6) is 0 Å². The van der Waals surface area contributed by atoms with Crippen LogP contribution in [0.1, 0.15) is 51.1 Å². The molecule has 0 spiro atoms. The number of carbonyl (C=O) groups is 1. The van der Waals surface area contributed by atoms with Gasteiger partial charge in [-0.1, -0.05) is 45.4 Å². The zero-order chi connectivity index (χ0) is 24.6. The van der Waals surface area contributed by atoms with Crippen molar-refractivity contribution >= 4 is 15.7 Å². The highest BCUT2D eigenvalue weighted by Crippen LogP contribution is 2.23. The molecule has 0 aliphatic rings. The van der Waals surface area contributed by atoms with E-state index in [9.17, 15) is 13.2 Å². The van der Waals surface area contributed by atoms with E-state index in [1.165, 1.54) is 0 Å². The average Bonchev–Trinajstić information content (AvgIpc) is 3.04. The van der Waals surface area contributed by atoms with Crippen LogP contribution < -0.4 is 5.32 Å². The fourth-order valence-corrected chi connectivity index (χ4v) is 5.00. The van der Waals surface area contributed by atoms with Crippen LogP contribution >= 0.6 is 0 Å². The van der Waals surface area contributed by atoms with Gasteiger partial charge in [0.15, 0.2) is 9.84 Å². The van der Waals surface area contributed by atoms with Crippen molar-refractivity contribution in [1.82, 2.24) is 15.2 Å². The largest absolute Gasteiger partial charge is 0.441 e. The predicted octanol–water partition coefficient (Wildman–Crippen LogP) is 3.99. The summed E-state index contributed by atoms with van der Waals surface area (Å²) >= 11 is 0. The Morgan fingerprint density at radius 2 is 1.67 bits per heavy atom. The Morgan fingerprint density at radius 1 is 1.06 bits per heavy atom. The van der Waals surface area contributed by atoms with Gasteiger partial charge in [0.1, 0.15) is 11.5 Å². The normalized spacial score (nSPS) is 12.2. The van der Waals surface area contributed by atoms with Crippen LogP contribution in [0.15, 0.2) is 28.7 Å². The van der Waals surface area contributed by atoms with Crippen LogP contribution in [-0.2, 0) is 20.4 Å². The van der Waals surface area contributed by atoms with E-state index >= 15 is 0 Å². The number of rotatable bonds is 13. The molecule has 1 N–H and O–H groups in total. The van der Waals surface area contributed by atoms with Gasteiger partial charge in [0.05, 0.1) is 11.4 Å². The van der Waals surface area contributed by atoms with E-state index in [0.29, 0.717) is 35.7 Å². The summed E-state index contributed by atoms with van der Waals surface area (Å²) in [5, 5.41) is 2.75. The van der Waals surface area contributed by atoms with Crippen molar-refractivity contribution in [1.29, 1.82) is 0 Å². The van der Waals surface area contributed by atoms with Gasteiger partial charge in [-0.05, 0) is 50.8 Å². The zero-order valence-corrected chi connectivity index (χ0v) is 21.7. The number of hydrogen-bond acceptors (Lipinski definition) is 6. The fraction of sp³-hybridized carbons (Fsp3) is 0.600. The van der Waals surface area contributed by atoms with Crippen LogP contribution in [0.4, 0.5) is 0 Å². The molecule has 2 rings (SSSR count). The van der Waals surface area contributed by atoms with Crippen molar-refractivity contribution < 1.29 is 17.6 Å². The third-order valence-electron chi connectivity index (χ3n) is 5.12. The molecule has 1 aromatic carbocycles. The second kappa shape index (κ2) is 12.3. The molecular formula is C25H39N3O4S. The number of hydrogen-bond donors (Lipinski definition) is 1.